The van der Waals surface area contributed by atoms with Gasteiger partial charge in [-0.25, -0.2) is 4.79 Å². The Kier molecular flexibility index (Phi) is 9.13. The van der Waals surface area contributed by atoms with Gasteiger partial charge in [-0.05, 0) is 5.92 Å². The third-order valence-corrected chi connectivity index (χ3v) is 3.52. The largest absolute Gasteiger partial charge is 0.481 e. The van der Waals surface area contributed by atoms with E-state index in [9.17, 15) is 24.0 Å². The van der Waals surface area contributed by atoms with Crippen LogP contribution in [0, 0.1) is 5.92 Å². The Hall–Kier alpha value is -2.69. The van der Waals surface area contributed by atoms with E-state index in [0.717, 1.165) is 0 Å². The van der Waals surface area contributed by atoms with E-state index in [2.05, 4.69) is 10.6 Å². The summed E-state index contributed by atoms with van der Waals surface area (Å²) in [5.41, 5.74) is 5.43. The Labute approximate surface area is 143 Å². The molecule has 0 rings (SSSR count). The van der Waals surface area contributed by atoms with Crippen molar-refractivity contribution >= 4 is 29.7 Å². The predicted molar refractivity (Wildman–Crippen MR) is 83.4 cm³/mol. The number of carbonyl (C=O) groups excluding carboxylic acids is 2. The standard InChI is InChI=1S/C14H23N3O8/c1-3-6(2)11(17-12(22)7(15)4-9(18)19)13(23)16-8(14(24)25)5-10(20)21/h6-8,11H,3-5,15H2,1-2H3,(H,16,23)(H,17,22)(H,18,19)(H,20,21)(H,24,25)/t6-,7-,8-,11-/m0/s1. The molecule has 0 heterocycles. The number of rotatable bonds is 11. The van der Waals surface area contributed by atoms with E-state index in [4.69, 9.17) is 21.1 Å². The molecular formula is C14H23N3O8. The molecule has 0 radical (unpaired) electrons. The summed E-state index contributed by atoms with van der Waals surface area (Å²) in [5, 5.41) is 30.6. The molecule has 0 fully saturated rings. The molecule has 11 nitrogen and oxygen atoms in total. The molecule has 4 atom stereocenters. The van der Waals surface area contributed by atoms with Crippen LogP contribution in [0.25, 0.3) is 0 Å². The van der Waals surface area contributed by atoms with E-state index in [-0.39, 0.29) is 0 Å². The van der Waals surface area contributed by atoms with E-state index in [1.54, 1.807) is 13.8 Å². The summed E-state index contributed by atoms with van der Waals surface area (Å²) >= 11 is 0. The highest BCUT2D eigenvalue weighted by Crippen LogP contribution is 2.09. The molecule has 25 heavy (non-hydrogen) atoms. The highest BCUT2D eigenvalue weighted by molar-refractivity contribution is 5.93. The summed E-state index contributed by atoms with van der Waals surface area (Å²) < 4.78 is 0. The van der Waals surface area contributed by atoms with Crippen molar-refractivity contribution in [3.05, 3.63) is 0 Å². The Morgan fingerprint density at radius 1 is 0.920 bits per heavy atom. The molecule has 0 aromatic rings. The van der Waals surface area contributed by atoms with Crippen molar-refractivity contribution in [2.75, 3.05) is 0 Å². The molecule has 0 saturated carbocycles. The summed E-state index contributed by atoms with van der Waals surface area (Å²) in [6, 6.07) is -4.24. The normalized spacial score (nSPS) is 15.3. The molecule has 0 aliphatic carbocycles. The second-order valence-corrected chi connectivity index (χ2v) is 5.57. The van der Waals surface area contributed by atoms with Gasteiger partial charge in [0.1, 0.15) is 12.1 Å². The number of carbonyl (C=O) groups is 5. The number of carboxylic acids is 3. The average molecular weight is 361 g/mol. The van der Waals surface area contributed by atoms with Crippen LogP contribution in [0.5, 0.6) is 0 Å². The number of nitrogens with two attached hydrogens (primary N) is 1. The molecule has 0 saturated heterocycles. The third kappa shape index (κ3) is 8.11. The van der Waals surface area contributed by atoms with Gasteiger partial charge in [-0.1, -0.05) is 20.3 Å². The lowest BCUT2D eigenvalue weighted by Crippen LogP contribution is -2.57. The second kappa shape index (κ2) is 10.2. The zero-order chi connectivity index (χ0) is 19.7. The first-order chi connectivity index (χ1) is 11.5. The van der Waals surface area contributed by atoms with Crippen molar-refractivity contribution in [2.45, 2.75) is 51.2 Å². The molecule has 0 aliphatic rings. The van der Waals surface area contributed by atoms with Crippen molar-refractivity contribution in [1.82, 2.24) is 10.6 Å². The molecular weight excluding hydrogens is 338 g/mol. The summed E-state index contributed by atoms with van der Waals surface area (Å²) in [4.78, 5) is 56.5. The van der Waals surface area contributed by atoms with Gasteiger partial charge in [0, 0.05) is 0 Å². The maximum atomic E-state index is 12.3. The number of aliphatic carboxylic acids is 3. The van der Waals surface area contributed by atoms with E-state index in [0.29, 0.717) is 6.42 Å². The van der Waals surface area contributed by atoms with E-state index < -0.39 is 66.6 Å². The first-order valence-electron chi connectivity index (χ1n) is 7.52. The van der Waals surface area contributed by atoms with Gasteiger partial charge in [-0.2, -0.15) is 0 Å². The van der Waals surface area contributed by atoms with E-state index >= 15 is 0 Å². The van der Waals surface area contributed by atoms with Crippen molar-refractivity contribution in [3.63, 3.8) is 0 Å². The van der Waals surface area contributed by atoms with Crippen LogP contribution in [0.3, 0.4) is 0 Å². The van der Waals surface area contributed by atoms with Crippen LogP contribution in [0.2, 0.25) is 0 Å². The van der Waals surface area contributed by atoms with Crippen LogP contribution in [-0.4, -0.2) is 63.2 Å². The lowest BCUT2D eigenvalue weighted by atomic mass is 9.97. The zero-order valence-corrected chi connectivity index (χ0v) is 13.9. The number of carboxylic acid groups (broad SMARTS) is 3. The third-order valence-electron chi connectivity index (χ3n) is 3.52. The maximum absolute atomic E-state index is 12.3. The van der Waals surface area contributed by atoms with Gasteiger partial charge in [0.15, 0.2) is 0 Å². The zero-order valence-electron chi connectivity index (χ0n) is 13.9. The molecule has 0 spiro atoms. The van der Waals surface area contributed by atoms with Crippen LogP contribution < -0.4 is 16.4 Å². The van der Waals surface area contributed by atoms with Crippen LogP contribution in [-0.2, 0) is 24.0 Å². The molecule has 0 unspecified atom stereocenters. The molecule has 0 aromatic heterocycles. The number of amides is 2. The monoisotopic (exact) mass is 361 g/mol. The Morgan fingerprint density at radius 2 is 1.44 bits per heavy atom. The number of hydrogen-bond acceptors (Lipinski definition) is 6. The van der Waals surface area contributed by atoms with Gasteiger partial charge in [-0.15, -0.1) is 0 Å². The Balaban J connectivity index is 5.15. The van der Waals surface area contributed by atoms with E-state index in [1.807, 2.05) is 0 Å². The fourth-order valence-electron chi connectivity index (χ4n) is 1.88. The lowest BCUT2D eigenvalue weighted by molar-refractivity contribution is -0.147. The minimum absolute atomic E-state index is 0.430. The minimum atomic E-state index is -1.67. The molecule has 7 N–H and O–H groups in total. The van der Waals surface area contributed by atoms with Crippen LogP contribution in [0.4, 0.5) is 0 Å². The summed E-state index contributed by atoms with van der Waals surface area (Å²) in [7, 11) is 0. The highest BCUT2D eigenvalue weighted by atomic mass is 16.4. The highest BCUT2D eigenvalue weighted by Gasteiger charge is 2.32. The molecule has 2 amide bonds. The van der Waals surface area contributed by atoms with Crippen molar-refractivity contribution in [1.29, 1.82) is 0 Å². The van der Waals surface area contributed by atoms with Gasteiger partial charge in [0.25, 0.3) is 0 Å². The number of hydrogen-bond donors (Lipinski definition) is 6. The van der Waals surface area contributed by atoms with Crippen LogP contribution >= 0.6 is 0 Å². The Morgan fingerprint density at radius 3 is 1.84 bits per heavy atom. The van der Waals surface area contributed by atoms with E-state index in [1.165, 1.54) is 0 Å². The molecule has 0 aliphatic heterocycles. The van der Waals surface area contributed by atoms with Crippen molar-refractivity contribution in [3.8, 4) is 0 Å². The average Bonchev–Trinajstić information content (AvgIpc) is 2.49. The first-order valence-corrected chi connectivity index (χ1v) is 7.52. The van der Waals surface area contributed by atoms with Crippen LogP contribution in [0.1, 0.15) is 33.1 Å². The summed E-state index contributed by atoms with van der Waals surface area (Å²) in [5.74, 6) is -6.44. The van der Waals surface area contributed by atoms with Crippen LogP contribution in [0.15, 0.2) is 0 Å². The summed E-state index contributed by atoms with van der Waals surface area (Å²) in [6.45, 7) is 3.33. The molecule has 11 heteroatoms. The van der Waals surface area contributed by atoms with Gasteiger partial charge < -0.3 is 31.7 Å². The molecule has 0 aromatic carbocycles. The van der Waals surface area contributed by atoms with Crippen molar-refractivity contribution in [2.24, 2.45) is 11.7 Å². The Bertz CT molecular complexity index is 536. The SMILES string of the molecule is CC[C@H](C)[C@H](NC(=O)[C@@H](N)CC(=O)O)C(=O)N[C@@H](CC(=O)O)C(=O)O. The topological polar surface area (TPSA) is 196 Å². The predicted octanol–water partition coefficient (Wildman–Crippen LogP) is -1.64. The minimum Gasteiger partial charge on any atom is -0.481 e. The van der Waals surface area contributed by atoms with Gasteiger partial charge in [0.05, 0.1) is 18.9 Å². The summed E-state index contributed by atoms with van der Waals surface area (Å²) in [6.07, 6.45) is -1.04. The molecule has 142 valence electrons. The van der Waals surface area contributed by atoms with Gasteiger partial charge >= 0.3 is 17.9 Å². The molecule has 0 bridgehead atoms. The second-order valence-electron chi connectivity index (χ2n) is 5.57. The fourth-order valence-corrected chi connectivity index (χ4v) is 1.88. The van der Waals surface area contributed by atoms with Crippen molar-refractivity contribution < 1.29 is 39.3 Å². The number of nitrogens with one attached hydrogen (secondary N) is 2. The maximum Gasteiger partial charge on any atom is 0.326 e. The lowest BCUT2D eigenvalue weighted by Gasteiger charge is -2.26. The quantitative estimate of drug-likeness (QED) is 0.250. The fraction of sp³-hybridized carbons (Fsp3) is 0.643. The van der Waals surface area contributed by atoms with Gasteiger partial charge in [0.2, 0.25) is 11.8 Å². The van der Waals surface area contributed by atoms with Gasteiger partial charge in [-0.3, -0.25) is 19.2 Å². The first kappa shape index (κ1) is 22.3. The smallest absolute Gasteiger partial charge is 0.326 e.